The Hall–Kier alpha value is -7.70. The van der Waals surface area contributed by atoms with Crippen molar-refractivity contribution >= 4 is 65.6 Å². The van der Waals surface area contributed by atoms with Crippen molar-refractivity contribution < 1.29 is 4.42 Å². The summed E-state index contributed by atoms with van der Waals surface area (Å²) in [7, 11) is 0. The quantitative estimate of drug-likeness (QED) is 0.178. The molecular weight excluding hydrogens is 687 g/mol. The van der Waals surface area contributed by atoms with Gasteiger partial charge in [0.15, 0.2) is 11.6 Å². The van der Waals surface area contributed by atoms with Crippen LogP contribution in [0.2, 0.25) is 0 Å². The molecule has 0 fully saturated rings. The summed E-state index contributed by atoms with van der Waals surface area (Å²) in [5, 5.41) is 12.0. The molecule has 0 N–H and O–H groups in total. The van der Waals surface area contributed by atoms with Gasteiger partial charge in [-0.25, -0.2) is 9.67 Å². The van der Waals surface area contributed by atoms with Crippen LogP contribution in [0.15, 0.2) is 192 Å². The summed E-state index contributed by atoms with van der Waals surface area (Å²) >= 11 is 0. The van der Waals surface area contributed by atoms with Gasteiger partial charge in [-0.1, -0.05) is 121 Å². The van der Waals surface area contributed by atoms with Crippen LogP contribution in [0.1, 0.15) is 0 Å². The minimum absolute atomic E-state index is 0.685. The lowest BCUT2D eigenvalue weighted by atomic mass is 10.1. The zero-order chi connectivity index (χ0) is 36.7. The third-order valence-electron chi connectivity index (χ3n) is 11.1. The number of hydrogen-bond acceptors (Lipinski definition) is 3. The second-order valence-corrected chi connectivity index (χ2v) is 14.3. The van der Waals surface area contributed by atoms with E-state index in [4.69, 9.17) is 14.5 Å². The Labute approximate surface area is 320 Å². The van der Waals surface area contributed by atoms with Crippen molar-refractivity contribution in [1.82, 2.24) is 23.9 Å². The average Bonchev–Trinajstić information content (AvgIpc) is 4.03. The van der Waals surface area contributed by atoms with Gasteiger partial charge in [0.1, 0.15) is 11.2 Å². The van der Waals surface area contributed by atoms with E-state index in [1.54, 1.807) is 0 Å². The number of aromatic nitrogens is 5. The minimum atomic E-state index is 0.685. The number of hydrogen-bond donors (Lipinski definition) is 0. The van der Waals surface area contributed by atoms with Gasteiger partial charge in [0.05, 0.1) is 27.8 Å². The maximum atomic E-state index is 6.35. The lowest BCUT2D eigenvalue weighted by Gasteiger charge is -2.13. The van der Waals surface area contributed by atoms with Crippen LogP contribution in [0.4, 0.5) is 0 Å². The molecule has 0 atom stereocenters. The second kappa shape index (κ2) is 11.9. The summed E-state index contributed by atoms with van der Waals surface area (Å²) in [6.07, 6.45) is 0. The predicted octanol–water partition coefficient (Wildman–Crippen LogP) is 12.7. The highest BCUT2D eigenvalue weighted by Crippen LogP contribution is 2.41. The SMILES string of the molecule is c1ccc(-c2nc(-c3cccc4c3c3ccccc3n4-c3cccc(-n4c5ccccc5c5cc6oc7ccccc7c6cc54)c3)n(-c3ccccc3)n2)cc1. The highest BCUT2D eigenvalue weighted by atomic mass is 16.3. The van der Waals surface area contributed by atoms with Crippen molar-refractivity contribution in [2.75, 3.05) is 0 Å². The van der Waals surface area contributed by atoms with Crippen LogP contribution in [0.25, 0.3) is 105 Å². The summed E-state index contributed by atoms with van der Waals surface area (Å²) in [6, 6.07) is 66.0. The normalized spacial score (nSPS) is 11.9. The lowest BCUT2D eigenvalue weighted by molar-refractivity contribution is 0.669. The number of rotatable bonds is 5. The standard InChI is InChI=1S/C50H31N5O/c1-3-15-32(16-4-1)49-51-50(55(52-49)33-17-5-2-6-18-33)39-24-14-27-44-48(39)38-23-8-11-26-43(38)53(44)34-19-13-20-35(29-34)54-42-25-10-7-21-36(42)40-31-47-41(30-45(40)54)37-22-9-12-28-46(37)56-47/h1-31H. The van der Waals surface area contributed by atoms with Gasteiger partial charge < -0.3 is 13.6 Å². The van der Waals surface area contributed by atoms with Crippen LogP contribution in [0.5, 0.6) is 0 Å². The molecule has 0 bridgehead atoms. The van der Waals surface area contributed by atoms with Gasteiger partial charge in [0, 0.05) is 54.8 Å². The fourth-order valence-corrected chi connectivity index (χ4v) is 8.67. The Morgan fingerprint density at radius 3 is 1.80 bits per heavy atom. The number of nitrogens with zero attached hydrogens (tertiary/aromatic N) is 5. The zero-order valence-electron chi connectivity index (χ0n) is 30.0. The van der Waals surface area contributed by atoms with E-state index in [1.807, 2.05) is 53.2 Å². The molecule has 0 saturated heterocycles. The average molecular weight is 718 g/mol. The maximum Gasteiger partial charge on any atom is 0.182 e. The van der Waals surface area contributed by atoms with Crippen LogP contribution in [0.3, 0.4) is 0 Å². The van der Waals surface area contributed by atoms with E-state index in [-0.39, 0.29) is 0 Å². The fourth-order valence-electron chi connectivity index (χ4n) is 8.67. The molecule has 0 amide bonds. The van der Waals surface area contributed by atoms with Gasteiger partial charge >= 0.3 is 0 Å². The molecule has 262 valence electrons. The molecule has 12 aromatic rings. The van der Waals surface area contributed by atoms with E-state index in [0.717, 1.165) is 94.2 Å². The van der Waals surface area contributed by atoms with Crippen molar-refractivity contribution in [2.24, 2.45) is 0 Å². The summed E-state index contributed by atoms with van der Waals surface area (Å²) < 4.78 is 13.1. The Morgan fingerprint density at radius 2 is 1.00 bits per heavy atom. The van der Waals surface area contributed by atoms with E-state index < -0.39 is 0 Å². The van der Waals surface area contributed by atoms with Crippen molar-refractivity contribution in [3.63, 3.8) is 0 Å². The molecule has 4 aromatic heterocycles. The summed E-state index contributed by atoms with van der Waals surface area (Å²) in [5.41, 5.74) is 11.4. The first-order valence-electron chi connectivity index (χ1n) is 18.8. The van der Waals surface area contributed by atoms with E-state index >= 15 is 0 Å². The molecule has 0 aliphatic heterocycles. The Morgan fingerprint density at radius 1 is 0.393 bits per heavy atom. The van der Waals surface area contributed by atoms with Crippen molar-refractivity contribution in [3.05, 3.63) is 188 Å². The summed E-state index contributed by atoms with van der Waals surface area (Å²) in [4.78, 5) is 5.24. The zero-order valence-corrected chi connectivity index (χ0v) is 30.0. The largest absolute Gasteiger partial charge is 0.456 e. The number of furan rings is 1. The van der Waals surface area contributed by atoms with Crippen LogP contribution < -0.4 is 0 Å². The first-order valence-corrected chi connectivity index (χ1v) is 18.8. The van der Waals surface area contributed by atoms with Crippen molar-refractivity contribution in [3.8, 4) is 39.8 Å². The van der Waals surface area contributed by atoms with E-state index in [2.05, 4.69) is 149 Å². The molecule has 6 nitrogen and oxygen atoms in total. The topological polar surface area (TPSA) is 53.7 Å². The second-order valence-electron chi connectivity index (χ2n) is 14.3. The van der Waals surface area contributed by atoms with Crippen molar-refractivity contribution in [1.29, 1.82) is 0 Å². The maximum absolute atomic E-state index is 6.35. The van der Waals surface area contributed by atoms with Crippen LogP contribution in [0, 0.1) is 0 Å². The van der Waals surface area contributed by atoms with E-state index in [9.17, 15) is 0 Å². The van der Waals surface area contributed by atoms with E-state index in [1.165, 1.54) is 5.39 Å². The minimum Gasteiger partial charge on any atom is -0.456 e. The van der Waals surface area contributed by atoms with Crippen LogP contribution in [-0.4, -0.2) is 23.9 Å². The molecule has 4 heterocycles. The highest BCUT2D eigenvalue weighted by molar-refractivity contribution is 6.18. The molecule has 0 saturated carbocycles. The third-order valence-corrected chi connectivity index (χ3v) is 11.1. The highest BCUT2D eigenvalue weighted by Gasteiger charge is 2.22. The monoisotopic (exact) mass is 717 g/mol. The van der Waals surface area contributed by atoms with Gasteiger partial charge in [-0.15, -0.1) is 5.10 Å². The predicted molar refractivity (Wildman–Crippen MR) is 228 cm³/mol. The van der Waals surface area contributed by atoms with Gasteiger partial charge in [-0.3, -0.25) is 0 Å². The Kier molecular flexibility index (Phi) is 6.53. The van der Waals surface area contributed by atoms with Gasteiger partial charge in [-0.2, -0.15) is 0 Å². The summed E-state index contributed by atoms with van der Waals surface area (Å²) in [5.74, 6) is 1.48. The van der Waals surface area contributed by atoms with Crippen LogP contribution >= 0.6 is 0 Å². The van der Waals surface area contributed by atoms with Gasteiger partial charge in [0.2, 0.25) is 0 Å². The number of para-hydroxylation sites is 4. The molecule has 56 heavy (non-hydrogen) atoms. The van der Waals surface area contributed by atoms with Crippen LogP contribution in [-0.2, 0) is 0 Å². The molecule has 8 aromatic carbocycles. The Balaban J connectivity index is 1.10. The number of fused-ring (bicyclic) bond motifs is 9. The fraction of sp³-hybridized carbons (Fsp3) is 0. The van der Waals surface area contributed by atoms with E-state index in [0.29, 0.717) is 5.82 Å². The van der Waals surface area contributed by atoms with Gasteiger partial charge in [-0.05, 0) is 66.7 Å². The smallest absolute Gasteiger partial charge is 0.182 e. The lowest BCUT2D eigenvalue weighted by Crippen LogP contribution is -2.00. The number of benzene rings is 8. The Bertz CT molecular complexity index is 3480. The molecule has 0 spiro atoms. The molecule has 12 rings (SSSR count). The molecule has 0 radical (unpaired) electrons. The van der Waals surface area contributed by atoms with Crippen molar-refractivity contribution in [2.45, 2.75) is 0 Å². The molecule has 6 heteroatoms. The summed E-state index contributed by atoms with van der Waals surface area (Å²) in [6.45, 7) is 0. The molecule has 0 unspecified atom stereocenters. The first-order chi connectivity index (χ1) is 27.8. The molecular formula is C50H31N5O. The first kappa shape index (κ1) is 30.7. The molecule has 0 aliphatic rings. The van der Waals surface area contributed by atoms with Gasteiger partial charge in [0.25, 0.3) is 0 Å². The third kappa shape index (κ3) is 4.50. The molecule has 0 aliphatic carbocycles.